The van der Waals surface area contributed by atoms with Gasteiger partial charge in [-0.25, -0.2) is 0 Å². The highest BCUT2D eigenvalue weighted by Crippen LogP contribution is 2.16. The largest absolute Gasteiger partial charge is 0.466 e. The molecular weight excluding hydrogens is 779 g/mol. The Morgan fingerprint density at radius 3 is 1.27 bits per heavy atom. The maximum absolute atomic E-state index is 12.4. The molecular formula is C57H107NO5. The van der Waals surface area contributed by atoms with Gasteiger partial charge in [0.05, 0.1) is 25.4 Å². The van der Waals surface area contributed by atoms with Crippen molar-refractivity contribution in [1.82, 2.24) is 5.32 Å². The average molecular weight is 886 g/mol. The van der Waals surface area contributed by atoms with Crippen LogP contribution >= 0.6 is 0 Å². The zero-order chi connectivity index (χ0) is 45.8. The van der Waals surface area contributed by atoms with Crippen molar-refractivity contribution in [2.24, 2.45) is 0 Å². The van der Waals surface area contributed by atoms with Gasteiger partial charge in [0.2, 0.25) is 5.91 Å². The number of aliphatic hydroxyl groups excluding tert-OH is 2. The van der Waals surface area contributed by atoms with E-state index in [1.54, 1.807) is 0 Å². The van der Waals surface area contributed by atoms with Crippen LogP contribution < -0.4 is 5.32 Å². The molecule has 1 amide bonds. The van der Waals surface area contributed by atoms with Gasteiger partial charge in [-0.2, -0.15) is 0 Å². The second-order valence-corrected chi connectivity index (χ2v) is 18.9. The molecule has 0 aromatic rings. The molecule has 0 aliphatic carbocycles. The third kappa shape index (κ3) is 49.4. The molecule has 0 saturated heterocycles. The first-order valence-electron chi connectivity index (χ1n) is 27.7. The molecule has 0 saturated carbocycles. The molecule has 3 N–H and O–H groups in total. The second kappa shape index (κ2) is 52.7. The van der Waals surface area contributed by atoms with Crippen LogP contribution in [0.1, 0.15) is 290 Å². The zero-order valence-electron chi connectivity index (χ0n) is 42.1. The number of allylic oxidation sites excluding steroid dienone is 6. The number of hydrogen-bond donors (Lipinski definition) is 3. The number of carbonyl (C=O) groups excluding carboxylic acids is 2. The number of hydrogen-bond acceptors (Lipinski definition) is 5. The van der Waals surface area contributed by atoms with Crippen molar-refractivity contribution < 1.29 is 24.5 Å². The normalized spacial score (nSPS) is 12.9. The standard InChI is InChI=1S/C57H107NO5/c1-3-5-7-9-11-13-15-17-27-31-35-39-43-47-51-57(62)63-52-48-44-40-36-32-28-25-23-21-19-18-20-22-24-26-30-34-38-42-46-50-56(61)58-54(53-59)55(60)49-45-41-37-33-29-16-14-12-10-8-6-4-2/h9,11,15,17-18,20,54-55,59-60H,3-8,10,12-14,16,19,21-53H2,1-2H3,(H,58,61)/b11-9-,17-15-,20-18-. The van der Waals surface area contributed by atoms with Gasteiger partial charge < -0.3 is 20.3 Å². The molecule has 0 heterocycles. The number of esters is 1. The molecule has 63 heavy (non-hydrogen) atoms. The molecule has 0 fully saturated rings. The van der Waals surface area contributed by atoms with E-state index in [0.717, 1.165) is 51.4 Å². The lowest BCUT2D eigenvalue weighted by Crippen LogP contribution is -2.45. The Hall–Kier alpha value is -1.92. The molecule has 2 unspecified atom stereocenters. The summed E-state index contributed by atoms with van der Waals surface area (Å²) >= 11 is 0. The lowest BCUT2D eigenvalue weighted by Gasteiger charge is -2.22. The van der Waals surface area contributed by atoms with Gasteiger partial charge in [-0.3, -0.25) is 9.59 Å². The van der Waals surface area contributed by atoms with Gasteiger partial charge in [0, 0.05) is 12.8 Å². The fourth-order valence-electron chi connectivity index (χ4n) is 8.36. The molecule has 0 rings (SSSR count). The summed E-state index contributed by atoms with van der Waals surface area (Å²) < 4.78 is 5.46. The third-order valence-electron chi connectivity index (χ3n) is 12.7. The summed E-state index contributed by atoms with van der Waals surface area (Å²) in [6.07, 6.45) is 64.1. The van der Waals surface area contributed by atoms with Crippen molar-refractivity contribution in [1.29, 1.82) is 0 Å². The molecule has 0 aliphatic rings. The molecule has 2 atom stereocenters. The number of rotatable bonds is 51. The number of amides is 1. The van der Waals surface area contributed by atoms with Gasteiger partial charge in [-0.05, 0) is 77.0 Å². The van der Waals surface area contributed by atoms with Gasteiger partial charge >= 0.3 is 5.97 Å². The highest BCUT2D eigenvalue weighted by molar-refractivity contribution is 5.76. The number of carbonyl (C=O) groups is 2. The van der Waals surface area contributed by atoms with E-state index >= 15 is 0 Å². The maximum Gasteiger partial charge on any atom is 0.305 e. The molecule has 0 aliphatic heterocycles. The summed E-state index contributed by atoms with van der Waals surface area (Å²) in [7, 11) is 0. The van der Waals surface area contributed by atoms with Gasteiger partial charge in [0.1, 0.15) is 0 Å². The topological polar surface area (TPSA) is 95.9 Å². The van der Waals surface area contributed by atoms with Gasteiger partial charge in [-0.1, -0.05) is 237 Å². The predicted octanol–water partition coefficient (Wildman–Crippen LogP) is 16.9. The highest BCUT2D eigenvalue weighted by Gasteiger charge is 2.20. The summed E-state index contributed by atoms with van der Waals surface area (Å²) in [6.45, 7) is 4.89. The minimum Gasteiger partial charge on any atom is -0.466 e. The van der Waals surface area contributed by atoms with Gasteiger partial charge in [-0.15, -0.1) is 0 Å². The fourth-order valence-corrected chi connectivity index (χ4v) is 8.36. The van der Waals surface area contributed by atoms with Crippen LogP contribution in [0.5, 0.6) is 0 Å². The van der Waals surface area contributed by atoms with Crippen LogP contribution in [0.3, 0.4) is 0 Å². The summed E-state index contributed by atoms with van der Waals surface area (Å²) in [5.41, 5.74) is 0. The monoisotopic (exact) mass is 886 g/mol. The van der Waals surface area contributed by atoms with E-state index in [9.17, 15) is 19.8 Å². The minimum atomic E-state index is -0.669. The molecule has 6 heteroatoms. The Morgan fingerprint density at radius 1 is 0.444 bits per heavy atom. The number of nitrogens with one attached hydrogen (secondary N) is 1. The maximum atomic E-state index is 12.4. The Bertz CT molecular complexity index is 1020. The van der Waals surface area contributed by atoms with Crippen molar-refractivity contribution in [3.8, 4) is 0 Å². The van der Waals surface area contributed by atoms with Crippen molar-refractivity contribution in [2.45, 2.75) is 302 Å². The van der Waals surface area contributed by atoms with Crippen molar-refractivity contribution >= 4 is 11.9 Å². The van der Waals surface area contributed by atoms with Crippen LogP contribution in [-0.2, 0) is 14.3 Å². The van der Waals surface area contributed by atoms with Crippen LogP contribution in [0.25, 0.3) is 0 Å². The lowest BCUT2D eigenvalue weighted by molar-refractivity contribution is -0.143. The molecule has 0 spiro atoms. The highest BCUT2D eigenvalue weighted by atomic mass is 16.5. The van der Waals surface area contributed by atoms with Gasteiger partial charge in [0.25, 0.3) is 0 Å². The first-order chi connectivity index (χ1) is 31.0. The summed E-state index contributed by atoms with van der Waals surface area (Å²) in [5, 5.41) is 23.2. The Balaban J connectivity index is 3.43. The smallest absolute Gasteiger partial charge is 0.305 e. The Labute approximate surface area is 392 Å². The fraction of sp³-hybridized carbons (Fsp3) is 0.860. The number of unbranched alkanes of at least 4 members (excludes halogenated alkanes) is 34. The lowest BCUT2D eigenvalue weighted by atomic mass is 10.0. The Kier molecular flexibility index (Phi) is 51.1. The molecule has 0 bridgehead atoms. The van der Waals surface area contributed by atoms with Crippen molar-refractivity contribution in [3.63, 3.8) is 0 Å². The molecule has 0 radical (unpaired) electrons. The first kappa shape index (κ1) is 61.1. The summed E-state index contributed by atoms with van der Waals surface area (Å²) in [4.78, 5) is 24.5. The zero-order valence-corrected chi connectivity index (χ0v) is 42.1. The first-order valence-corrected chi connectivity index (χ1v) is 27.7. The molecule has 370 valence electrons. The van der Waals surface area contributed by atoms with Crippen LogP contribution in [0.2, 0.25) is 0 Å². The van der Waals surface area contributed by atoms with E-state index in [2.05, 4.69) is 55.6 Å². The SMILES string of the molecule is CCCC/C=C\C/C=C\CCCCCCCC(=O)OCCCCCCCCCCC/C=C\CCCCCCCCCC(=O)NC(CO)C(O)CCCCCCCCCCCCCC. The second-order valence-electron chi connectivity index (χ2n) is 18.9. The average Bonchev–Trinajstić information content (AvgIpc) is 3.28. The van der Waals surface area contributed by atoms with Crippen LogP contribution in [0.15, 0.2) is 36.5 Å². The van der Waals surface area contributed by atoms with E-state index in [0.29, 0.717) is 25.9 Å². The third-order valence-corrected chi connectivity index (χ3v) is 12.7. The molecule has 0 aromatic heterocycles. The van der Waals surface area contributed by atoms with Crippen molar-refractivity contribution in [2.75, 3.05) is 13.2 Å². The van der Waals surface area contributed by atoms with Gasteiger partial charge in [0.15, 0.2) is 0 Å². The molecule has 0 aromatic carbocycles. The molecule has 6 nitrogen and oxygen atoms in total. The summed E-state index contributed by atoms with van der Waals surface area (Å²) in [5.74, 6) is -0.0536. The van der Waals surface area contributed by atoms with E-state index in [4.69, 9.17) is 4.74 Å². The number of aliphatic hydroxyl groups is 2. The minimum absolute atomic E-state index is 0.00881. The van der Waals surface area contributed by atoms with Crippen LogP contribution in [0, 0.1) is 0 Å². The Morgan fingerprint density at radius 2 is 0.810 bits per heavy atom. The number of ether oxygens (including phenoxy) is 1. The van der Waals surface area contributed by atoms with E-state index < -0.39 is 12.1 Å². The van der Waals surface area contributed by atoms with E-state index in [1.165, 1.54) is 205 Å². The van der Waals surface area contributed by atoms with E-state index in [-0.39, 0.29) is 18.5 Å². The predicted molar refractivity (Wildman–Crippen MR) is 273 cm³/mol. The van der Waals surface area contributed by atoms with Crippen LogP contribution in [-0.4, -0.2) is 47.4 Å². The summed E-state index contributed by atoms with van der Waals surface area (Å²) in [6, 6.07) is -0.547. The quantitative estimate of drug-likeness (QED) is 0.0321. The van der Waals surface area contributed by atoms with Crippen molar-refractivity contribution in [3.05, 3.63) is 36.5 Å². The van der Waals surface area contributed by atoms with Crippen LogP contribution in [0.4, 0.5) is 0 Å². The van der Waals surface area contributed by atoms with E-state index in [1.807, 2.05) is 0 Å².